The first-order chi connectivity index (χ1) is 11.8. The van der Waals surface area contributed by atoms with Crippen LogP contribution in [0, 0.1) is 0 Å². The third kappa shape index (κ3) is 4.22. The highest BCUT2D eigenvalue weighted by atomic mass is 32.2. The molecule has 0 saturated carbocycles. The van der Waals surface area contributed by atoms with Crippen LogP contribution in [-0.2, 0) is 22.9 Å². The lowest BCUT2D eigenvalue weighted by molar-refractivity contribution is 0.352. The standard InChI is InChI=1S/C20H26N2O2S/c1-15(2)16-5-8-20(9-6-16)25(23,24)21-19-7-4-17-10-12-22(3)13-11-18(17)14-19/h4-9,14-15,21H,10-13H2,1-3H3. The van der Waals surface area contributed by atoms with E-state index in [1.54, 1.807) is 12.1 Å². The van der Waals surface area contributed by atoms with Gasteiger partial charge in [-0.25, -0.2) is 8.42 Å². The van der Waals surface area contributed by atoms with Gasteiger partial charge in [0.15, 0.2) is 0 Å². The van der Waals surface area contributed by atoms with E-state index in [0.717, 1.165) is 31.5 Å². The SMILES string of the molecule is CC(C)c1ccc(S(=O)(=O)Nc2ccc3c(c2)CCN(C)CC3)cc1. The van der Waals surface area contributed by atoms with Crippen LogP contribution in [0.15, 0.2) is 47.4 Å². The molecule has 1 heterocycles. The molecular weight excluding hydrogens is 332 g/mol. The molecule has 3 rings (SSSR count). The molecule has 0 spiro atoms. The second kappa shape index (κ2) is 7.18. The molecule has 0 fully saturated rings. The number of nitrogens with one attached hydrogen (secondary N) is 1. The summed E-state index contributed by atoms with van der Waals surface area (Å²) in [4.78, 5) is 2.60. The van der Waals surface area contributed by atoms with Gasteiger partial charge in [0.2, 0.25) is 0 Å². The smallest absolute Gasteiger partial charge is 0.261 e. The summed E-state index contributed by atoms with van der Waals surface area (Å²) in [5.74, 6) is 0.382. The van der Waals surface area contributed by atoms with Gasteiger partial charge in [0.05, 0.1) is 4.90 Å². The Morgan fingerprint density at radius 1 is 0.960 bits per heavy atom. The van der Waals surface area contributed by atoms with Crippen molar-refractivity contribution in [2.24, 2.45) is 0 Å². The van der Waals surface area contributed by atoms with E-state index in [4.69, 9.17) is 0 Å². The van der Waals surface area contributed by atoms with E-state index in [-0.39, 0.29) is 0 Å². The van der Waals surface area contributed by atoms with Crippen LogP contribution < -0.4 is 4.72 Å². The van der Waals surface area contributed by atoms with E-state index in [9.17, 15) is 8.42 Å². The van der Waals surface area contributed by atoms with E-state index >= 15 is 0 Å². The number of hydrogen-bond acceptors (Lipinski definition) is 3. The largest absolute Gasteiger partial charge is 0.306 e. The Labute approximate surface area is 150 Å². The molecule has 0 unspecified atom stereocenters. The number of sulfonamides is 1. The van der Waals surface area contributed by atoms with Crippen LogP contribution in [-0.4, -0.2) is 33.5 Å². The van der Waals surface area contributed by atoms with Gasteiger partial charge < -0.3 is 4.90 Å². The minimum atomic E-state index is -3.56. The second-order valence-corrected chi connectivity index (χ2v) is 8.80. The Morgan fingerprint density at radius 2 is 1.60 bits per heavy atom. The third-order valence-electron chi connectivity index (χ3n) is 4.84. The van der Waals surface area contributed by atoms with Crippen molar-refractivity contribution in [2.75, 3.05) is 24.9 Å². The van der Waals surface area contributed by atoms with E-state index in [1.807, 2.05) is 30.3 Å². The Balaban J connectivity index is 1.81. The molecule has 0 amide bonds. The first-order valence-corrected chi connectivity index (χ1v) is 10.3. The highest BCUT2D eigenvalue weighted by Crippen LogP contribution is 2.23. The van der Waals surface area contributed by atoms with Crippen molar-refractivity contribution in [1.29, 1.82) is 0 Å². The van der Waals surface area contributed by atoms with Crippen LogP contribution in [0.25, 0.3) is 0 Å². The molecule has 1 N–H and O–H groups in total. The fourth-order valence-corrected chi connectivity index (χ4v) is 4.20. The van der Waals surface area contributed by atoms with Gasteiger partial charge in [-0.15, -0.1) is 0 Å². The lowest BCUT2D eigenvalue weighted by Crippen LogP contribution is -2.20. The summed E-state index contributed by atoms with van der Waals surface area (Å²) in [5, 5.41) is 0. The van der Waals surface area contributed by atoms with Crippen molar-refractivity contribution < 1.29 is 8.42 Å². The van der Waals surface area contributed by atoms with Crippen LogP contribution in [0.1, 0.15) is 36.5 Å². The fourth-order valence-electron chi connectivity index (χ4n) is 3.15. The zero-order chi connectivity index (χ0) is 18.0. The first kappa shape index (κ1) is 18.0. The van der Waals surface area contributed by atoms with Crippen LogP contribution in [0.5, 0.6) is 0 Å². The lowest BCUT2D eigenvalue weighted by Gasteiger charge is -2.12. The van der Waals surface area contributed by atoms with Gasteiger partial charge in [0.1, 0.15) is 0 Å². The molecular formula is C20H26N2O2S. The quantitative estimate of drug-likeness (QED) is 0.908. The van der Waals surface area contributed by atoms with Gasteiger partial charge >= 0.3 is 0 Å². The maximum absolute atomic E-state index is 12.7. The van der Waals surface area contributed by atoms with Gasteiger partial charge in [0, 0.05) is 18.8 Å². The van der Waals surface area contributed by atoms with Crippen molar-refractivity contribution in [2.45, 2.75) is 37.5 Å². The van der Waals surface area contributed by atoms with Crippen molar-refractivity contribution in [1.82, 2.24) is 4.90 Å². The minimum Gasteiger partial charge on any atom is -0.306 e. The highest BCUT2D eigenvalue weighted by Gasteiger charge is 2.16. The number of rotatable bonds is 4. The molecule has 4 nitrogen and oxygen atoms in total. The summed E-state index contributed by atoms with van der Waals surface area (Å²) in [5.41, 5.74) is 4.32. The first-order valence-electron chi connectivity index (χ1n) is 8.78. The van der Waals surface area contributed by atoms with Crippen LogP contribution in [0.4, 0.5) is 5.69 Å². The van der Waals surface area contributed by atoms with Gasteiger partial charge in [-0.05, 0) is 66.8 Å². The van der Waals surface area contributed by atoms with Gasteiger partial charge in [-0.3, -0.25) is 4.72 Å². The predicted octanol–water partition coefficient (Wildman–Crippen LogP) is 3.64. The van der Waals surface area contributed by atoms with E-state index in [0.29, 0.717) is 16.5 Å². The summed E-state index contributed by atoms with van der Waals surface area (Å²) in [6.07, 6.45) is 1.96. The van der Waals surface area contributed by atoms with Crippen molar-refractivity contribution in [3.05, 3.63) is 59.2 Å². The summed E-state index contributed by atoms with van der Waals surface area (Å²) in [7, 11) is -1.44. The van der Waals surface area contributed by atoms with E-state index < -0.39 is 10.0 Å². The number of hydrogen-bond donors (Lipinski definition) is 1. The number of fused-ring (bicyclic) bond motifs is 1. The number of likely N-dealkylation sites (N-methyl/N-ethyl adjacent to an activating group) is 1. The zero-order valence-corrected chi connectivity index (χ0v) is 15.9. The van der Waals surface area contributed by atoms with Crippen LogP contribution in [0.3, 0.4) is 0 Å². The predicted molar refractivity (Wildman–Crippen MR) is 103 cm³/mol. The zero-order valence-electron chi connectivity index (χ0n) is 15.1. The van der Waals surface area contributed by atoms with Crippen molar-refractivity contribution >= 4 is 15.7 Å². The average Bonchev–Trinajstić information content (AvgIpc) is 2.76. The summed E-state index contributed by atoms with van der Waals surface area (Å²) in [6.45, 7) is 6.23. The molecule has 2 aromatic rings. The molecule has 25 heavy (non-hydrogen) atoms. The average molecular weight is 359 g/mol. The summed E-state index contributed by atoms with van der Waals surface area (Å²) >= 11 is 0. The molecule has 134 valence electrons. The fraction of sp³-hybridized carbons (Fsp3) is 0.400. The van der Waals surface area contributed by atoms with E-state index in [2.05, 4.69) is 30.5 Å². The number of benzene rings is 2. The monoisotopic (exact) mass is 358 g/mol. The molecule has 0 radical (unpaired) electrons. The van der Waals surface area contributed by atoms with Gasteiger partial charge in [-0.2, -0.15) is 0 Å². The minimum absolute atomic E-state index is 0.298. The van der Waals surface area contributed by atoms with E-state index in [1.165, 1.54) is 11.1 Å². The molecule has 0 aromatic heterocycles. The Bertz CT molecular complexity index is 842. The molecule has 0 aliphatic carbocycles. The molecule has 1 aliphatic rings. The maximum atomic E-state index is 12.7. The molecule has 0 bridgehead atoms. The second-order valence-electron chi connectivity index (χ2n) is 7.12. The van der Waals surface area contributed by atoms with Crippen molar-refractivity contribution in [3.63, 3.8) is 0 Å². The lowest BCUT2D eigenvalue weighted by atomic mass is 10.0. The summed E-state index contributed by atoms with van der Waals surface area (Å²) < 4.78 is 28.0. The Kier molecular flexibility index (Phi) is 5.16. The highest BCUT2D eigenvalue weighted by molar-refractivity contribution is 7.92. The van der Waals surface area contributed by atoms with Crippen LogP contribution >= 0.6 is 0 Å². The number of anilines is 1. The Hall–Kier alpha value is -1.85. The van der Waals surface area contributed by atoms with Gasteiger partial charge in [-0.1, -0.05) is 32.0 Å². The molecule has 2 aromatic carbocycles. The topological polar surface area (TPSA) is 49.4 Å². The third-order valence-corrected chi connectivity index (χ3v) is 6.24. The molecule has 5 heteroatoms. The normalized spacial score (nSPS) is 15.7. The maximum Gasteiger partial charge on any atom is 0.261 e. The molecule has 0 saturated heterocycles. The summed E-state index contributed by atoms with van der Waals surface area (Å²) in [6, 6.07) is 13.0. The molecule has 0 atom stereocenters. The molecule has 1 aliphatic heterocycles. The van der Waals surface area contributed by atoms with Gasteiger partial charge in [0.25, 0.3) is 10.0 Å². The Morgan fingerprint density at radius 3 is 2.24 bits per heavy atom. The van der Waals surface area contributed by atoms with Crippen molar-refractivity contribution in [3.8, 4) is 0 Å². The number of nitrogens with zero attached hydrogens (tertiary/aromatic N) is 1. The van der Waals surface area contributed by atoms with Crippen LogP contribution in [0.2, 0.25) is 0 Å².